The second-order valence-corrected chi connectivity index (χ2v) is 6.19. The normalized spacial score (nSPS) is 14.2. The average Bonchev–Trinajstić information content (AvgIpc) is 2.36. The van der Waals surface area contributed by atoms with E-state index in [0.717, 1.165) is 6.42 Å². The Bertz CT molecular complexity index is 399. The van der Waals surface area contributed by atoms with Crippen LogP contribution in [0.15, 0.2) is 24.3 Å². The number of para-hydroxylation sites is 1. The van der Waals surface area contributed by atoms with E-state index in [4.69, 9.17) is 0 Å². The average molecular weight is 318 g/mol. The third kappa shape index (κ3) is 4.38. The Kier molecular flexibility index (Phi) is 6.29. The van der Waals surface area contributed by atoms with Gasteiger partial charge in [0.15, 0.2) is 0 Å². The molecule has 0 unspecified atom stereocenters. The molecule has 0 amide bonds. The Labute approximate surface area is 112 Å². The molecule has 5 nitrogen and oxygen atoms in total. The molecule has 6 heteroatoms. The van der Waals surface area contributed by atoms with Crippen molar-refractivity contribution in [3.05, 3.63) is 34.4 Å². The summed E-state index contributed by atoms with van der Waals surface area (Å²) in [7, 11) is 0. The van der Waals surface area contributed by atoms with E-state index in [0.29, 0.717) is 16.2 Å². The van der Waals surface area contributed by atoms with Gasteiger partial charge in [0.25, 0.3) is 0 Å². The fraction of sp³-hybridized carbons (Fsp3) is 0.500. The van der Waals surface area contributed by atoms with Crippen molar-refractivity contribution in [2.24, 2.45) is 0 Å². The van der Waals surface area contributed by atoms with Crippen LogP contribution in [-0.2, 0) is 0 Å². The molecule has 2 N–H and O–H groups in total. The minimum absolute atomic E-state index is 0.0923. The van der Waals surface area contributed by atoms with Crippen molar-refractivity contribution in [2.45, 2.75) is 37.3 Å². The molecular formula is C12H17NO4Se. The molecule has 0 saturated carbocycles. The third-order valence-corrected chi connectivity index (χ3v) is 4.94. The summed E-state index contributed by atoms with van der Waals surface area (Å²) in [6, 6.07) is 6.54. The monoisotopic (exact) mass is 319 g/mol. The van der Waals surface area contributed by atoms with Gasteiger partial charge in [-0.2, -0.15) is 0 Å². The first-order chi connectivity index (χ1) is 8.56. The Morgan fingerprint density at radius 1 is 1.33 bits per heavy atom. The van der Waals surface area contributed by atoms with Crippen LogP contribution in [0, 0.1) is 10.1 Å². The van der Waals surface area contributed by atoms with Crippen LogP contribution in [-0.4, -0.2) is 42.3 Å². The van der Waals surface area contributed by atoms with E-state index >= 15 is 0 Å². The van der Waals surface area contributed by atoms with Crippen molar-refractivity contribution in [1.29, 1.82) is 0 Å². The molecule has 0 aliphatic carbocycles. The van der Waals surface area contributed by atoms with Crippen LogP contribution in [0.25, 0.3) is 0 Å². The zero-order valence-corrected chi connectivity index (χ0v) is 11.9. The molecule has 0 aromatic heterocycles. The minimum atomic E-state index is -0.801. The predicted octanol–water partition coefficient (Wildman–Crippen LogP) is 0.864. The molecule has 0 aliphatic heterocycles. The van der Waals surface area contributed by atoms with Gasteiger partial charge in [-0.3, -0.25) is 0 Å². The van der Waals surface area contributed by atoms with Gasteiger partial charge in [0.05, 0.1) is 0 Å². The molecule has 0 aliphatic rings. The number of nitrogens with zero attached hydrogens (tertiary/aromatic N) is 1. The SMILES string of the molecule is CCC[C@H](O)[C@@H](O)C[Se]c1ccccc1[N+](=O)[O-]. The second kappa shape index (κ2) is 7.48. The van der Waals surface area contributed by atoms with Crippen molar-refractivity contribution in [3.8, 4) is 0 Å². The van der Waals surface area contributed by atoms with Crippen LogP contribution in [0.2, 0.25) is 5.32 Å². The van der Waals surface area contributed by atoms with Crippen LogP contribution in [0.5, 0.6) is 0 Å². The number of nitro benzene ring substituents is 1. The molecule has 0 heterocycles. The summed E-state index contributed by atoms with van der Waals surface area (Å²) in [4.78, 5) is 10.4. The van der Waals surface area contributed by atoms with Gasteiger partial charge in [-0.05, 0) is 0 Å². The number of hydrogen-bond donors (Lipinski definition) is 2. The topological polar surface area (TPSA) is 83.6 Å². The zero-order valence-electron chi connectivity index (χ0n) is 10.2. The number of aliphatic hydroxyl groups is 2. The first-order valence-corrected chi connectivity index (χ1v) is 7.85. The maximum absolute atomic E-state index is 10.8. The van der Waals surface area contributed by atoms with Gasteiger partial charge < -0.3 is 0 Å². The number of benzene rings is 1. The van der Waals surface area contributed by atoms with Crippen molar-refractivity contribution in [2.75, 3.05) is 0 Å². The molecule has 2 atom stereocenters. The van der Waals surface area contributed by atoms with Crippen molar-refractivity contribution < 1.29 is 15.1 Å². The molecule has 100 valence electrons. The summed E-state index contributed by atoms with van der Waals surface area (Å²) >= 11 is -0.211. The molecule has 0 bridgehead atoms. The van der Waals surface area contributed by atoms with Crippen LogP contribution in [0.4, 0.5) is 5.69 Å². The first kappa shape index (κ1) is 15.1. The Hall–Kier alpha value is -0.941. The summed E-state index contributed by atoms with van der Waals surface area (Å²) in [5.74, 6) is 0. The van der Waals surface area contributed by atoms with Crippen molar-refractivity contribution in [1.82, 2.24) is 0 Å². The zero-order chi connectivity index (χ0) is 13.5. The van der Waals surface area contributed by atoms with Gasteiger partial charge in [-0.15, -0.1) is 0 Å². The summed E-state index contributed by atoms with van der Waals surface area (Å²) in [6.45, 7) is 1.93. The first-order valence-electron chi connectivity index (χ1n) is 5.78. The van der Waals surface area contributed by atoms with Gasteiger partial charge in [0.1, 0.15) is 0 Å². The molecular weight excluding hydrogens is 301 g/mol. The third-order valence-electron chi connectivity index (χ3n) is 2.50. The van der Waals surface area contributed by atoms with E-state index in [2.05, 4.69) is 0 Å². The van der Waals surface area contributed by atoms with E-state index in [-0.39, 0.29) is 20.6 Å². The summed E-state index contributed by atoms with van der Waals surface area (Å²) < 4.78 is 0.651. The molecule has 18 heavy (non-hydrogen) atoms. The Morgan fingerprint density at radius 3 is 2.61 bits per heavy atom. The van der Waals surface area contributed by atoms with Crippen LogP contribution in [0.1, 0.15) is 19.8 Å². The molecule has 0 saturated heterocycles. The second-order valence-electron chi connectivity index (χ2n) is 3.96. The predicted molar refractivity (Wildman–Crippen MR) is 70.2 cm³/mol. The van der Waals surface area contributed by atoms with Gasteiger partial charge in [-0.25, -0.2) is 0 Å². The number of hydrogen-bond acceptors (Lipinski definition) is 4. The molecule has 1 rings (SSSR count). The summed E-state index contributed by atoms with van der Waals surface area (Å²) in [5.41, 5.74) is 0.0923. The van der Waals surface area contributed by atoms with Crippen molar-refractivity contribution >= 4 is 25.1 Å². The Balaban J connectivity index is 2.60. The van der Waals surface area contributed by atoms with Gasteiger partial charge in [0.2, 0.25) is 0 Å². The summed E-state index contributed by atoms with van der Waals surface area (Å²) in [5, 5.41) is 30.5. The number of nitro groups is 1. The molecule has 1 aromatic rings. The maximum atomic E-state index is 10.8. The van der Waals surface area contributed by atoms with Gasteiger partial charge in [0, 0.05) is 0 Å². The number of aliphatic hydroxyl groups excluding tert-OH is 2. The Morgan fingerprint density at radius 2 is 2.00 bits per heavy atom. The molecule has 1 aromatic carbocycles. The van der Waals surface area contributed by atoms with Crippen LogP contribution >= 0.6 is 0 Å². The van der Waals surface area contributed by atoms with Gasteiger partial charge in [-0.1, -0.05) is 0 Å². The molecule has 0 radical (unpaired) electrons. The van der Waals surface area contributed by atoms with E-state index in [9.17, 15) is 20.3 Å². The molecule has 0 spiro atoms. The summed E-state index contributed by atoms with van der Waals surface area (Å²) in [6.07, 6.45) is -0.186. The quantitative estimate of drug-likeness (QED) is 0.444. The van der Waals surface area contributed by atoms with Crippen LogP contribution in [0.3, 0.4) is 0 Å². The van der Waals surface area contributed by atoms with Crippen LogP contribution < -0.4 is 4.46 Å². The van der Waals surface area contributed by atoms with E-state index in [1.807, 2.05) is 6.92 Å². The van der Waals surface area contributed by atoms with Crippen molar-refractivity contribution in [3.63, 3.8) is 0 Å². The van der Waals surface area contributed by atoms with E-state index in [1.165, 1.54) is 6.07 Å². The fourth-order valence-corrected chi connectivity index (χ4v) is 3.68. The van der Waals surface area contributed by atoms with Gasteiger partial charge >= 0.3 is 112 Å². The molecule has 0 fully saturated rings. The van der Waals surface area contributed by atoms with E-state index in [1.54, 1.807) is 18.2 Å². The standard InChI is InChI=1S/C12H17NO4Se/c1-2-5-10(14)11(15)8-18-12-7-4-3-6-9(12)13(16)17/h3-4,6-7,10-11,14-15H,2,5,8H2,1H3/t10-,11-/m0/s1. The number of rotatable bonds is 7. The fourth-order valence-electron chi connectivity index (χ4n) is 1.50. The van der Waals surface area contributed by atoms with E-state index < -0.39 is 17.1 Å².